The van der Waals surface area contributed by atoms with Gasteiger partial charge in [0.15, 0.2) is 0 Å². The lowest BCUT2D eigenvalue weighted by Gasteiger charge is -2.34. The summed E-state index contributed by atoms with van der Waals surface area (Å²) >= 11 is 0. The third-order valence-corrected chi connectivity index (χ3v) is 3.98. The lowest BCUT2D eigenvalue weighted by molar-refractivity contribution is -0.384. The van der Waals surface area contributed by atoms with Crippen LogP contribution in [-0.2, 0) is 0 Å². The molecule has 1 aromatic carbocycles. The molecule has 21 heavy (non-hydrogen) atoms. The fraction of sp³-hybridized carbons (Fsp3) is 0.500. The SMILES string of the molecule is CC1(NC(=O)c2ccc(NN)c([N+](=O)[O-])c2)CCCCC1. The predicted octanol–water partition coefficient (Wildman–Crippen LogP) is 2.33. The summed E-state index contributed by atoms with van der Waals surface area (Å²) in [6, 6.07) is 4.22. The number of anilines is 1. The molecule has 2 rings (SSSR count). The number of hydrazine groups is 1. The molecule has 1 saturated carbocycles. The van der Waals surface area contributed by atoms with Gasteiger partial charge in [0.05, 0.1) is 4.92 Å². The second-order valence-electron chi connectivity index (χ2n) is 5.71. The predicted molar refractivity (Wildman–Crippen MR) is 79.9 cm³/mol. The summed E-state index contributed by atoms with van der Waals surface area (Å²) in [6.07, 6.45) is 5.24. The molecule has 7 heteroatoms. The highest BCUT2D eigenvalue weighted by atomic mass is 16.6. The summed E-state index contributed by atoms with van der Waals surface area (Å²) in [4.78, 5) is 22.7. The molecule has 1 fully saturated rings. The third kappa shape index (κ3) is 3.49. The van der Waals surface area contributed by atoms with Crippen molar-refractivity contribution in [3.8, 4) is 0 Å². The summed E-state index contributed by atoms with van der Waals surface area (Å²) in [5.41, 5.74) is 2.27. The van der Waals surface area contributed by atoms with Crippen LogP contribution in [0.25, 0.3) is 0 Å². The highest BCUT2D eigenvalue weighted by Gasteiger charge is 2.29. The molecule has 1 aliphatic rings. The summed E-state index contributed by atoms with van der Waals surface area (Å²) in [5, 5.41) is 14.0. The van der Waals surface area contributed by atoms with Crippen LogP contribution in [0.3, 0.4) is 0 Å². The Balaban J connectivity index is 2.19. The number of rotatable bonds is 4. The van der Waals surface area contributed by atoms with E-state index in [2.05, 4.69) is 10.7 Å². The first-order valence-electron chi connectivity index (χ1n) is 7.03. The lowest BCUT2D eigenvalue weighted by atomic mass is 9.83. The standard InChI is InChI=1S/C14H20N4O3/c1-14(7-3-2-4-8-14)16-13(19)10-5-6-11(17-15)12(9-10)18(20)21/h5-6,9,17H,2-4,7-8,15H2,1H3,(H,16,19). The number of nitrogens with two attached hydrogens (primary N) is 1. The molecule has 4 N–H and O–H groups in total. The van der Waals surface area contributed by atoms with Crippen molar-refractivity contribution in [2.45, 2.75) is 44.6 Å². The van der Waals surface area contributed by atoms with Crippen LogP contribution in [0.4, 0.5) is 11.4 Å². The number of nitro groups is 1. The van der Waals surface area contributed by atoms with Crippen LogP contribution in [-0.4, -0.2) is 16.4 Å². The van der Waals surface area contributed by atoms with E-state index in [9.17, 15) is 14.9 Å². The molecule has 0 saturated heterocycles. The number of nitrogen functional groups attached to an aromatic ring is 1. The molecule has 0 bridgehead atoms. The molecule has 0 aromatic heterocycles. The van der Waals surface area contributed by atoms with Crippen molar-refractivity contribution < 1.29 is 9.72 Å². The monoisotopic (exact) mass is 292 g/mol. The first-order valence-corrected chi connectivity index (χ1v) is 7.03. The maximum absolute atomic E-state index is 12.3. The van der Waals surface area contributed by atoms with Crippen molar-refractivity contribution in [3.63, 3.8) is 0 Å². The molecule has 0 spiro atoms. The Labute approximate surface area is 123 Å². The normalized spacial score (nSPS) is 17.0. The van der Waals surface area contributed by atoms with Crippen molar-refractivity contribution in [2.24, 2.45) is 5.84 Å². The van der Waals surface area contributed by atoms with Crippen molar-refractivity contribution in [1.29, 1.82) is 0 Å². The number of nitro benzene ring substituents is 1. The van der Waals surface area contributed by atoms with E-state index in [-0.39, 0.29) is 28.4 Å². The van der Waals surface area contributed by atoms with Gasteiger partial charge in [-0.3, -0.25) is 20.8 Å². The van der Waals surface area contributed by atoms with Crippen LogP contribution in [0, 0.1) is 10.1 Å². The number of hydrogen-bond donors (Lipinski definition) is 3. The molecule has 1 aromatic rings. The highest BCUT2D eigenvalue weighted by molar-refractivity contribution is 5.96. The molecule has 0 radical (unpaired) electrons. The maximum atomic E-state index is 12.3. The van der Waals surface area contributed by atoms with Crippen LogP contribution in [0.2, 0.25) is 0 Å². The van der Waals surface area contributed by atoms with E-state index < -0.39 is 4.92 Å². The number of nitrogens with one attached hydrogen (secondary N) is 2. The van der Waals surface area contributed by atoms with E-state index in [1.807, 2.05) is 6.92 Å². The number of amides is 1. The summed E-state index contributed by atoms with van der Waals surface area (Å²) in [7, 11) is 0. The van der Waals surface area contributed by atoms with Gasteiger partial charge < -0.3 is 10.7 Å². The molecular formula is C14H20N4O3. The first-order chi connectivity index (χ1) is 9.95. The van der Waals surface area contributed by atoms with Crippen LogP contribution in [0.5, 0.6) is 0 Å². The van der Waals surface area contributed by atoms with Crippen LogP contribution < -0.4 is 16.6 Å². The van der Waals surface area contributed by atoms with Gasteiger partial charge in [-0.15, -0.1) is 0 Å². The number of nitrogens with zero attached hydrogens (tertiary/aromatic N) is 1. The van der Waals surface area contributed by atoms with E-state index in [0.29, 0.717) is 0 Å². The summed E-state index contributed by atoms with van der Waals surface area (Å²) in [5.74, 6) is 4.94. The Morgan fingerprint density at radius 3 is 2.57 bits per heavy atom. The van der Waals surface area contributed by atoms with Gasteiger partial charge in [0.25, 0.3) is 11.6 Å². The smallest absolute Gasteiger partial charge is 0.294 e. The Morgan fingerprint density at radius 2 is 2.00 bits per heavy atom. The summed E-state index contributed by atoms with van der Waals surface area (Å²) < 4.78 is 0. The second kappa shape index (κ2) is 6.09. The van der Waals surface area contributed by atoms with Gasteiger partial charge in [-0.05, 0) is 31.9 Å². The molecular weight excluding hydrogens is 272 g/mol. The highest BCUT2D eigenvalue weighted by Crippen LogP contribution is 2.29. The average molecular weight is 292 g/mol. The van der Waals surface area contributed by atoms with Crippen LogP contribution in [0.1, 0.15) is 49.4 Å². The molecule has 0 aliphatic heterocycles. The minimum Gasteiger partial charge on any atom is -0.347 e. The number of benzene rings is 1. The van der Waals surface area contributed by atoms with Gasteiger partial charge >= 0.3 is 0 Å². The topological polar surface area (TPSA) is 110 Å². The van der Waals surface area contributed by atoms with Crippen LogP contribution in [0.15, 0.2) is 18.2 Å². The number of carbonyl (C=O) groups excluding carboxylic acids is 1. The third-order valence-electron chi connectivity index (χ3n) is 3.98. The van der Waals surface area contributed by atoms with Crippen LogP contribution >= 0.6 is 0 Å². The quantitative estimate of drug-likeness (QED) is 0.448. The fourth-order valence-electron chi connectivity index (χ4n) is 2.75. The molecule has 1 aliphatic carbocycles. The average Bonchev–Trinajstić information content (AvgIpc) is 2.46. The minimum atomic E-state index is -0.561. The molecule has 0 atom stereocenters. The van der Waals surface area contributed by atoms with Gasteiger partial charge in [0.2, 0.25) is 0 Å². The van der Waals surface area contributed by atoms with Gasteiger partial charge in [0.1, 0.15) is 5.69 Å². The maximum Gasteiger partial charge on any atom is 0.294 e. The van der Waals surface area contributed by atoms with E-state index in [1.165, 1.54) is 24.6 Å². The largest absolute Gasteiger partial charge is 0.347 e. The zero-order valence-electron chi connectivity index (χ0n) is 12.0. The number of hydrogen-bond acceptors (Lipinski definition) is 5. The van der Waals surface area contributed by atoms with Crippen molar-refractivity contribution in [3.05, 3.63) is 33.9 Å². The fourth-order valence-corrected chi connectivity index (χ4v) is 2.75. The van der Waals surface area contributed by atoms with E-state index in [0.717, 1.165) is 25.7 Å². The van der Waals surface area contributed by atoms with Crippen molar-refractivity contribution in [1.82, 2.24) is 5.32 Å². The molecule has 114 valence electrons. The Hall–Kier alpha value is -2.15. The summed E-state index contributed by atoms with van der Waals surface area (Å²) in [6.45, 7) is 2.02. The number of carbonyl (C=O) groups is 1. The molecule has 7 nitrogen and oxygen atoms in total. The molecule has 0 unspecified atom stereocenters. The van der Waals surface area contributed by atoms with Gasteiger partial charge in [-0.1, -0.05) is 19.3 Å². The Kier molecular flexibility index (Phi) is 4.42. The van der Waals surface area contributed by atoms with Crippen molar-refractivity contribution in [2.75, 3.05) is 5.43 Å². The van der Waals surface area contributed by atoms with Gasteiger partial charge in [0, 0.05) is 17.2 Å². The van der Waals surface area contributed by atoms with E-state index >= 15 is 0 Å². The van der Waals surface area contributed by atoms with Gasteiger partial charge in [-0.25, -0.2) is 0 Å². The van der Waals surface area contributed by atoms with E-state index in [4.69, 9.17) is 5.84 Å². The minimum absolute atomic E-state index is 0.181. The molecule has 1 amide bonds. The zero-order chi connectivity index (χ0) is 15.5. The first kappa shape index (κ1) is 15.2. The lowest BCUT2D eigenvalue weighted by Crippen LogP contribution is -2.47. The molecule has 0 heterocycles. The second-order valence-corrected chi connectivity index (χ2v) is 5.71. The van der Waals surface area contributed by atoms with Crippen molar-refractivity contribution >= 4 is 17.3 Å². The van der Waals surface area contributed by atoms with Gasteiger partial charge in [-0.2, -0.15) is 0 Å². The van der Waals surface area contributed by atoms with E-state index in [1.54, 1.807) is 0 Å². The zero-order valence-corrected chi connectivity index (χ0v) is 12.0. The Bertz CT molecular complexity index is 553. The Morgan fingerprint density at radius 1 is 1.33 bits per heavy atom.